The Hall–Kier alpha value is -0.610. The molecular weight excluding hydrogens is 240 g/mol. The van der Waals surface area contributed by atoms with E-state index < -0.39 is 5.97 Å². The van der Waals surface area contributed by atoms with Crippen LogP contribution >= 0.6 is 0 Å². The maximum Gasteiger partial charge on any atom is 0.306 e. The maximum atomic E-state index is 11.3. The normalized spacial score (nSPS) is 46.2. The van der Waals surface area contributed by atoms with Gasteiger partial charge in [0.15, 0.2) is 0 Å². The van der Waals surface area contributed by atoms with Gasteiger partial charge in [-0.25, -0.2) is 0 Å². The van der Waals surface area contributed by atoms with Crippen LogP contribution in [-0.4, -0.2) is 47.7 Å². The summed E-state index contributed by atoms with van der Waals surface area (Å²) in [4.78, 5) is 13.9. The number of piperidine rings is 4. The van der Waals surface area contributed by atoms with Crippen molar-refractivity contribution in [3.8, 4) is 0 Å². The highest BCUT2D eigenvalue weighted by Crippen LogP contribution is 2.48. The molecule has 19 heavy (non-hydrogen) atoms. The number of carboxylic acids is 1. The number of nitrogens with one attached hydrogen (secondary N) is 1. The minimum Gasteiger partial charge on any atom is -0.481 e. The SMILES string of the molecule is CCC1CC2(C3CC(C(=O)O)CCN3)CCN1CC2. The van der Waals surface area contributed by atoms with Gasteiger partial charge in [0.05, 0.1) is 5.92 Å². The van der Waals surface area contributed by atoms with Crippen LogP contribution in [0.15, 0.2) is 0 Å². The Bertz CT molecular complexity index is 350. The molecule has 4 fully saturated rings. The van der Waals surface area contributed by atoms with Gasteiger partial charge in [-0.15, -0.1) is 0 Å². The predicted octanol–water partition coefficient (Wildman–Crippen LogP) is 1.70. The number of carboxylic acid groups (broad SMARTS) is 1. The van der Waals surface area contributed by atoms with Gasteiger partial charge in [0, 0.05) is 12.1 Å². The topological polar surface area (TPSA) is 52.6 Å². The molecule has 4 rings (SSSR count). The first-order valence-corrected chi connectivity index (χ1v) is 7.85. The van der Waals surface area contributed by atoms with E-state index in [9.17, 15) is 9.90 Å². The number of hydrogen-bond donors (Lipinski definition) is 2. The van der Waals surface area contributed by atoms with E-state index in [4.69, 9.17) is 0 Å². The van der Waals surface area contributed by atoms with Gasteiger partial charge < -0.3 is 15.3 Å². The number of fused-ring (bicyclic) bond motifs is 3. The van der Waals surface area contributed by atoms with Gasteiger partial charge in [-0.2, -0.15) is 0 Å². The summed E-state index contributed by atoms with van der Waals surface area (Å²) in [7, 11) is 0. The summed E-state index contributed by atoms with van der Waals surface area (Å²) in [6, 6.07) is 1.16. The highest BCUT2D eigenvalue weighted by molar-refractivity contribution is 5.70. The van der Waals surface area contributed by atoms with Gasteiger partial charge in [-0.05, 0) is 63.6 Å². The van der Waals surface area contributed by atoms with E-state index in [2.05, 4.69) is 17.1 Å². The first-order valence-electron chi connectivity index (χ1n) is 7.85. The van der Waals surface area contributed by atoms with Crippen molar-refractivity contribution in [2.45, 2.75) is 57.5 Å². The van der Waals surface area contributed by atoms with Gasteiger partial charge in [0.1, 0.15) is 0 Å². The molecule has 3 atom stereocenters. The molecule has 3 unspecified atom stereocenters. The Morgan fingerprint density at radius 1 is 1.42 bits per heavy atom. The Morgan fingerprint density at radius 2 is 2.16 bits per heavy atom. The quantitative estimate of drug-likeness (QED) is 0.816. The van der Waals surface area contributed by atoms with Gasteiger partial charge >= 0.3 is 5.97 Å². The number of aliphatic carboxylic acids is 1. The van der Waals surface area contributed by atoms with Gasteiger partial charge in [-0.1, -0.05) is 6.92 Å². The van der Waals surface area contributed by atoms with Gasteiger partial charge in [0.25, 0.3) is 0 Å². The summed E-state index contributed by atoms with van der Waals surface area (Å²) >= 11 is 0. The van der Waals surface area contributed by atoms with E-state index in [1.165, 1.54) is 38.8 Å². The third-order valence-electron chi connectivity index (χ3n) is 5.92. The van der Waals surface area contributed by atoms with E-state index >= 15 is 0 Å². The summed E-state index contributed by atoms with van der Waals surface area (Å²) in [6.45, 7) is 5.60. The summed E-state index contributed by atoms with van der Waals surface area (Å²) in [6.07, 6.45) is 6.66. The molecule has 0 aromatic rings. The van der Waals surface area contributed by atoms with E-state index in [0.29, 0.717) is 11.5 Å². The fourth-order valence-corrected chi connectivity index (χ4v) is 4.64. The number of carbonyl (C=O) groups is 1. The van der Waals surface area contributed by atoms with Crippen LogP contribution in [0.1, 0.15) is 45.4 Å². The van der Waals surface area contributed by atoms with Crippen LogP contribution in [0.3, 0.4) is 0 Å². The first kappa shape index (κ1) is 13.4. The second-order valence-electron chi connectivity index (χ2n) is 6.73. The van der Waals surface area contributed by atoms with Gasteiger partial charge in [-0.3, -0.25) is 4.79 Å². The second-order valence-corrected chi connectivity index (χ2v) is 6.73. The zero-order valence-corrected chi connectivity index (χ0v) is 11.9. The van der Waals surface area contributed by atoms with Crippen LogP contribution in [-0.2, 0) is 4.79 Å². The third kappa shape index (κ3) is 2.29. The second kappa shape index (κ2) is 5.06. The zero-order valence-electron chi connectivity index (χ0n) is 11.9. The average Bonchev–Trinajstić information content (AvgIpc) is 2.48. The molecule has 0 saturated carbocycles. The molecule has 0 radical (unpaired) electrons. The Balaban J connectivity index is 1.74. The largest absolute Gasteiger partial charge is 0.481 e. The zero-order chi connectivity index (χ0) is 13.5. The molecule has 0 aromatic heterocycles. The van der Waals surface area contributed by atoms with Crippen LogP contribution in [0.2, 0.25) is 0 Å². The van der Waals surface area contributed by atoms with E-state index in [1.54, 1.807) is 0 Å². The van der Waals surface area contributed by atoms with Crippen molar-refractivity contribution in [1.82, 2.24) is 10.2 Å². The van der Waals surface area contributed by atoms with Crippen LogP contribution in [0, 0.1) is 11.3 Å². The molecule has 4 aliphatic rings. The van der Waals surface area contributed by atoms with Crippen LogP contribution in [0.4, 0.5) is 0 Å². The molecule has 4 aliphatic heterocycles. The molecule has 0 aliphatic carbocycles. The highest BCUT2D eigenvalue weighted by atomic mass is 16.4. The fraction of sp³-hybridized carbons (Fsp3) is 0.933. The molecule has 0 aromatic carbocycles. The molecule has 4 heterocycles. The van der Waals surface area contributed by atoms with Crippen molar-refractivity contribution in [3.05, 3.63) is 0 Å². The minimum absolute atomic E-state index is 0.124. The Kier molecular flexibility index (Phi) is 3.56. The lowest BCUT2D eigenvalue weighted by Crippen LogP contribution is -2.62. The van der Waals surface area contributed by atoms with Crippen molar-refractivity contribution < 1.29 is 9.90 Å². The van der Waals surface area contributed by atoms with Crippen molar-refractivity contribution in [2.24, 2.45) is 11.3 Å². The van der Waals surface area contributed by atoms with E-state index in [0.717, 1.165) is 25.4 Å². The lowest BCUT2D eigenvalue weighted by molar-refractivity contribution is -0.144. The van der Waals surface area contributed by atoms with Crippen molar-refractivity contribution in [3.63, 3.8) is 0 Å². The maximum absolute atomic E-state index is 11.3. The fourth-order valence-electron chi connectivity index (χ4n) is 4.64. The first-order chi connectivity index (χ1) is 9.14. The minimum atomic E-state index is -0.594. The molecule has 2 bridgehead atoms. The number of nitrogens with zero attached hydrogens (tertiary/aromatic N) is 1. The van der Waals surface area contributed by atoms with Crippen LogP contribution in [0.5, 0.6) is 0 Å². The molecule has 0 spiro atoms. The van der Waals surface area contributed by atoms with E-state index in [1.807, 2.05) is 0 Å². The van der Waals surface area contributed by atoms with Crippen LogP contribution in [0.25, 0.3) is 0 Å². The van der Waals surface area contributed by atoms with Crippen molar-refractivity contribution in [2.75, 3.05) is 19.6 Å². The standard InChI is InChI=1S/C15H26N2O2/c1-2-12-10-15(4-7-17(12)8-5-15)13-9-11(14(18)19)3-6-16-13/h11-13,16H,2-10H2,1H3,(H,18,19). The van der Waals surface area contributed by atoms with E-state index in [-0.39, 0.29) is 5.92 Å². The lowest BCUT2D eigenvalue weighted by atomic mass is 9.62. The van der Waals surface area contributed by atoms with Crippen molar-refractivity contribution >= 4 is 5.97 Å². The molecule has 2 N–H and O–H groups in total. The molecule has 4 heteroatoms. The lowest BCUT2D eigenvalue weighted by Gasteiger charge is -2.57. The van der Waals surface area contributed by atoms with Crippen LogP contribution < -0.4 is 5.32 Å². The molecule has 4 saturated heterocycles. The van der Waals surface area contributed by atoms with Crippen molar-refractivity contribution in [1.29, 1.82) is 0 Å². The Labute approximate surface area is 115 Å². The Morgan fingerprint density at radius 3 is 2.79 bits per heavy atom. The number of hydrogen-bond acceptors (Lipinski definition) is 3. The van der Waals surface area contributed by atoms with Gasteiger partial charge in [0.2, 0.25) is 0 Å². The summed E-state index contributed by atoms with van der Waals surface area (Å²) in [5, 5.41) is 12.9. The third-order valence-corrected chi connectivity index (χ3v) is 5.92. The molecule has 0 amide bonds. The highest BCUT2D eigenvalue weighted by Gasteiger charge is 2.49. The molecular formula is C15H26N2O2. The predicted molar refractivity (Wildman–Crippen MR) is 74.1 cm³/mol. The monoisotopic (exact) mass is 266 g/mol. The summed E-state index contributed by atoms with van der Waals surface area (Å²) in [5.74, 6) is -0.719. The summed E-state index contributed by atoms with van der Waals surface area (Å²) in [5.41, 5.74) is 0.379. The number of rotatable bonds is 3. The summed E-state index contributed by atoms with van der Waals surface area (Å²) < 4.78 is 0. The molecule has 4 nitrogen and oxygen atoms in total. The average molecular weight is 266 g/mol. The smallest absolute Gasteiger partial charge is 0.306 e. The molecule has 108 valence electrons.